The molecule has 1 aliphatic heterocycles. The first-order chi connectivity index (χ1) is 11.9. The van der Waals surface area contributed by atoms with E-state index in [4.69, 9.17) is 9.26 Å². The van der Waals surface area contributed by atoms with Gasteiger partial charge in [-0.25, -0.2) is 0 Å². The molecule has 2 aromatic rings. The molecule has 1 saturated heterocycles. The van der Waals surface area contributed by atoms with Gasteiger partial charge in [-0.15, -0.1) is 12.4 Å². The standard InChI is InChI=1S/C16H19F3N4O2.ClH/c1-10(24-13-6-4-3-5-11(13)16(17,18)19)15-21-14(22-25-15)12-9-20-7-8-23(12)2;/h3-6,10,12,20H,7-9H2,1-2H3;1H. The normalized spacial score (nSPS) is 19.7. The Bertz CT molecular complexity index is 726. The number of hydrogen-bond donors (Lipinski definition) is 1. The van der Waals surface area contributed by atoms with Crippen molar-refractivity contribution in [3.8, 4) is 5.75 Å². The number of nitrogens with zero attached hydrogens (tertiary/aromatic N) is 3. The van der Waals surface area contributed by atoms with Crippen molar-refractivity contribution in [2.45, 2.75) is 25.2 Å². The van der Waals surface area contributed by atoms with Gasteiger partial charge in [-0.2, -0.15) is 18.2 Å². The number of nitrogens with one attached hydrogen (secondary N) is 1. The summed E-state index contributed by atoms with van der Waals surface area (Å²) in [6, 6.07) is 5.01. The molecule has 0 bridgehead atoms. The summed E-state index contributed by atoms with van der Waals surface area (Å²) in [4.78, 5) is 6.40. The van der Waals surface area contributed by atoms with Gasteiger partial charge in [-0.3, -0.25) is 4.90 Å². The summed E-state index contributed by atoms with van der Waals surface area (Å²) in [5, 5.41) is 7.20. The quantitative estimate of drug-likeness (QED) is 0.862. The van der Waals surface area contributed by atoms with Crippen LogP contribution < -0.4 is 10.1 Å². The number of likely N-dealkylation sites (N-methyl/N-ethyl adjacent to an activating group) is 1. The Morgan fingerprint density at radius 1 is 1.35 bits per heavy atom. The fourth-order valence-electron chi connectivity index (χ4n) is 2.69. The van der Waals surface area contributed by atoms with E-state index in [2.05, 4.69) is 20.4 Å². The predicted octanol–water partition coefficient (Wildman–Crippen LogP) is 3.23. The number of aromatic nitrogens is 2. The molecule has 2 atom stereocenters. The number of ether oxygens (including phenoxy) is 1. The van der Waals surface area contributed by atoms with Gasteiger partial charge >= 0.3 is 6.18 Å². The van der Waals surface area contributed by atoms with Gasteiger partial charge in [0, 0.05) is 19.6 Å². The highest BCUT2D eigenvalue weighted by Gasteiger charge is 2.35. The van der Waals surface area contributed by atoms with Crippen molar-refractivity contribution in [1.29, 1.82) is 0 Å². The van der Waals surface area contributed by atoms with Crippen molar-refractivity contribution < 1.29 is 22.4 Å². The van der Waals surface area contributed by atoms with E-state index in [-0.39, 0.29) is 30.1 Å². The van der Waals surface area contributed by atoms with Crippen molar-refractivity contribution in [2.24, 2.45) is 0 Å². The SMILES string of the molecule is CC(Oc1ccccc1C(F)(F)F)c1nc(C2CNCCN2C)no1.Cl. The van der Waals surface area contributed by atoms with Gasteiger partial charge in [0.15, 0.2) is 11.9 Å². The van der Waals surface area contributed by atoms with Crippen LogP contribution in [-0.2, 0) is 6.18 Å². The number of piperazine rings is 1. The zero-order chi connectivity index (χ0) is 18.0. The molecule has 0 amide bonds. The topological polar surface area (TPSA) is 63.4 Å². The molecule has 1 aromatic heterocycles. The number of rotatable bonds is 4. The lowest BCUT2D eigenvalue weighted by Crippen LogP contribution is -2.44. The van der Waals surface area contributed by atoms with Gasteiger partial charge in [0.1, 0.15) is 5.75 Å². The minimum Gasteiger partial charge on any atom is -0.480 e. The first-order valence-electron chi connectivity index (χ1n) is 7.93. The molecule has 0 radical (unpaired) electrons. The van der Waals surface area contributed by atoms with Crippen LogP contribution in [0, 0.1) is 0 Å². The van der Waals surface area contributed by atoms with Crippen LogP contribution in [0.2, 0.25) is 0 Å². The van der Waals surface area contributed by atoms with E-state index in [1.165, 1.54) is 18.2 Å². The Morgan fingerprint density at radius 2 is 2.08 bits per heavy atom. The van der Waals surface area contributed by atoms with E-state index < -0.39 is 17.8 Å². The van der Waals surface area contributed by atoms with E-state index in [9.17, 15) is 13.2 Å². The van der Waals surface area contributed by atoms with Crippen LogP contribution in [-0.4, -0.2) is 41.7 Å². The lowest BCUT2D eigenvalue weighted by Gasteiger charge is -2.30. The fourth-order valence-corrected chi connectivity index (χ4v) is 2.69. The van der Waals surface area contributed by atoms with E-state index in [1.807, 2.05) is 7.05 Å². The van der Waals surface area contributed by atoms with Gasteiger partial charge in [-0.1, -0.05) is 17.3 Å². The van der Waals surface area contributed by atoms with Gasteiger partial charge in [0.05, 0.1) is 11.6 Å². The second-order valence-electron chi connectivity index (χ2n) is 5.95. The second kappa shape index (κ2) is 8.24. The number of halogens is 4. The van der Waals surface area contributed by atoms with Gasteiger partial charge < -0.3 is 14.6 Å². The molecule has 1 N–H and O–H groups in total. The average Bonchev–Trinajstić information content (AvgIpc) is 3.04. The van der Waals surface area contributed by atoms with Gasteiger partial charge in [0.25, 0.3) is 5.89 Å². The number of para-hydroxylation sites is 1. The van der Waals surface area contributed by atoms with Crippen molar-refractivity contribution in [2.75, 3.05) is 26.7 Å². The minimum atomic E-state index is -4.49. The van der Waals surface area contributed by atoms with Crippen LogP contribution in [0.3, 0.4) is 0 Å². The van der Waals surface area contributed by atoms with Crippen molar-refractivity contribution >= 4 is 12.4 Å². The molecule has 1 fully saturated rings. The van der Waals surface area contributed by atoms with E-state index in [0.29, 0.717) is 12.4 Å². The summed E-state index contributed by atoms with van der Waals surface area (Å²) in [5.74, 6) is 0.369. The van der Waals surface area contributed by atoms with Crippen LogP contribution in [0.5, 0.6) is 5.75 Å². The molecule has 1 aromatic carbocycles. The van der Waals surface area contributed by atoms with Crippen LogP contribution >= 0.6 is 12.4 Å². The molecule has 6 nitrogen and oxygen atoms in total. The Balaban J connectivity index is 0.00000243. The monoisotopic (exact) mass is 392 g/mol. The summed E-state index contributed by atoms with van der Waals surface area (Å²) >= 11 is 0. The maximum atomic E-state index is 13.0. The molecule has 2 heterocycles. The summed E-state index contributed by atoms with van der Waals surface area (Å²) in [5.41, 5.74) is -0.835. The molecule has 10 heteroatoms. The van der Waals surface area contributed by atoms with Crippen LogP contribution in [0.25, 0.3) is 0 Å². The Labute approximate surface area is 155 Å². The van der Waals surface area contributed by atoms with E-state index >= 15 is 0 Å². The second-order valence-corrected chi connectivity index (χ2v) is 5.95. The molecule has 0 spiro atoms. The smallest absolute Gasteiger partial charge is 0.419 e. The van der Waals surface area contributed by atoms with Crippen LogP contribution in [0.15, 0.2) is 28.8 Å². The molecule has 0 aliphatic carbocycles. The Morgan fingerprint density at radius 3 is 2.77 bits per heavy atom. The minimum absolute atomic E-state index is 0. The molecule has 0 saturated carbocycles. The highest BCUT2D eigenvalue weighted by molar-refractivity contribution is 5.85. The van der Waals surface area contributed by atoms with Crippen LogP contribution in [0.1, 0.15) is 36.3 Å². The maximum absolute atomic E-state index is 13.0. The Kier molecular flexibility index (Phi) is 6.48. The Hall–Kier alpha value is -1.84. The predicted molar refractivity (Wildman–Crippen MR) is 90.3 cm³/mol. The maximum Gasteiger partial charge on any atom is 0.419 e. The first kappa shape index (κ1) is 20.5. The van der Waals surface area contributed by atoms with Gasteiger partial charge in [0.2, 0.25) is 0 Å². The molecule has 1 aliphatic rings. The van der Waals surface area contributed by atoms with Crippen molar-refractivity contribution in [3.63, 3.8) is 0 Å². The molecule has 144 valence electrons. The number of benzene rings is 1. The lowest BCUT2D eigenvalue weighted by molar-refractivity contribution is -0.139. The van der Waals surface area contributed by atoms with E-state index in [0.717, 1.165) is 19.2 Å². The third-order valence-corrected chi connectivity index (χ3v) is 4.11. The largest absolute Gasteiger partial charge is 0.480 e. The molecular formula is C16H20ClF3N4O2. The first-order valence-corrected chi connectivity index (χ1v) is 7.93. The third kappa shape index (κ3) is 4.46. The summed E-state index contributed by atoms with van der Waals surface area (Å²) in [6.45, 7) is 3.99. The molecule has 3 rings (SSSR count). The zero-order valence-corrected chi connectivity index (χ0v) is 15.1. The molecule has 26 heavy (non-hydrogen) atoms. The highest BCUT2D eigenvalue weighted by Crippen LogP contribution is 2.37. The zero-order valence-electron chi connectivity index (χ0n) is 14.3. The fraction of sp³-hybridized carbons (Fsp3) is 0.500. The lowest BCUT2D eigenvalue weighted by atomic mass is 10.2. The summed E-state index contributed by atoms with van der Waals surface area (Å²) in [7, 11) is 1.96. The van der Waals surface area contributed by atoms with E-state index in [1.54, 1.807) is 6.92 Å². The number of alkyl halides is 3. The van der Waals surface area contributed by atoms with Crippen molar-refractivity contribution in [3.05, 3.63) is 41.5 Å². The molecule has 2 unspecified atom stereocenters. The van der Waals surface area contributed by atoms with Crippen molar-refractivity contribution in [1.82, 2.24) is 20.4 Å². The van der Waals surface area contributed by atoms with Gasteiger partial charge in [-0.05, 0) is 26.1 Å². The third-order valence-electron chi connectivity index (χ3n) is 4.11. The summed E-state index contributed by atoms with van der Waals surface area (Å²) < 4.78 is 49.8. The highest BCUT2D eigenvalue weighted by atomic mass is 35.5. The molecular weight excluding hydrogens is 373 g/mol. The summed E-state index contributed by atoms with van der Waals surface area (Å²) in [6.07, 6.45) is -5.29. The van der Waals surface area contributed by atoms with Crippen LogP contribution in [0.4, 0.5) is 13.2 Å². The average molecular weight is 393 g/mol. The number of hydrogen-bond acceptors (Lipinski definition) is 6.